The number of aromatic nitrogens is 4. The first kappa shape index (κ1) is 58.8. The summed E-state index contributed by atoms with van der Waals surface area (Å²) in [7, 11) is -1.46. The molecule has 0 aliphatic carbocycles. The second kappa shape index (κ2) is 26.2. The molecule has 6 heterocycles. The summed E-state index contributed by atoms with van der Waals surface area (Å²) in [5.41, 5.74) is 6.26. The molecular weight excluding hydrogens is 999 g/mol. The Morgan fingerprint density at radius 3 is 1.45 bits per heavy atom. The number of ether oxygens (including phenoxy) is 4. The average molecular weight is 1080 g/mol. The normalized spacial score (nSPS) is 18.6. The number of carbonyl (C=O) groups excluding carboxylic acids is 2. The molecule has 4 fully saturated rings. The van der Waals surface area contributed by atoms with Gasteiger partial charge >= 0.3 is 19.3 Å². The number of halogens is 1. The Balaban J connectivity index is 0.000000190. The lowest BCUT2D eigenvalue weighted by atomic mass is 9.80. The number of fused-ring (bicyclic) bond motifs is 2. The Morgan fingerprint density at radius 2 is 1.04 bits per heavy atom. The SMILES string of the molecule is C.CC(C)(C)OC(=O)N1CCC(Cc2cc(-c3ccc(O)cc3)cc3c2cnn3C2CCCCO2)CC1.CC(C)(C)OC(=O)N1CCC(Cc2cc(Cl)cc3c2cnn3C2CCCCO2)CC1.OB(O)c1ccc(O)cc1. The largest absolute Gasteiger partial charge is 0.508 e. The van der Waals surface area contributed by atoms with Crippen molar-refractivity contribution in [2.45, 2.75) is 150 Å². The molecule has 77 heavy (non-hydrogen) atoms. The molecular formula is C59H80BClN6O10. The van der Waals surface area contributed by atoms with Gasteiger partial charge in [-0.2, -0.15) is 10.2 Å². The van der Waals surface area contributed by atoms with E-state index in [2.05, 4.69) is 23.3 Å². The summed E-state index contributed by atoms with van der Waals surface area (Å²) < 4.78 is 27.1. The fourth-order valence-electron chi connectivity index (χ4n) is 10.4. The van der Waals surface area contributed by atoms with Gasteiger partial charge in [0.15, 0.2) is 12.5 Å². The summed E-state index contributed by atoms with van der Waals surface area (Å²) in [5, 5.41) is 48.2. The van der Waals surface area contributed by atoms with Crippen molar-refractivity contribution >= 4 is 58.2 Å². The average Bonchev–Trinajstić information content (AvgIpc) is 4.04. The van der Waals surface area contributed by atoms with E-state index in [0.29, 0.717) is 17.3 Å². The number of hydrogen-bond donors (Lipinski definition) is 4. The van der Waals surface area contributed by atoms with Crippen molar-refractivity contribution in [1.29, 1.82) is 0 Å². The van der Waals surface area contributed by atoms with E-state index in [1.54, 1.807) is 12.1 Å². The molecule has 0 radical (unpaired) electrons. The van der Waals surface area contributed by atoms with Gasteiger partial charge in [0, 0.05) is 55.2 Å². The Bertz CT molecular complexity index is 2850. The van der Waals surface area contributed by atoms with Gasteiger partial charge in [-0.25, -0.2) is 19.0 Å². The van der Waals surface area contributed by atoms with Gasteiger partial charge < -0.3 is 49.0 Å². The highest BCUT2D eigenvalue weighted by Gasteiger charge is 2.30. The van der Waals surface area contributed by atoms with Crippen molar-refractivity contribution in [3.63, 3.8) is 0 Å². The van der Waals surface area contributed by atoms with E-state index >= 15 is 0 Å². The van der Waals surface area contributed by atoms with E-state index < -0.39 is 18.3 Å². The van der Waals surface area contributed by atoms with Crippen LogP contribution in [0.2, 0.25) is 5.02 Å². The van der Waals surface area contributed by atoms with Gasteiger partial charge in [0.25, 0.3) is 0 Å². The van der Waals surface area contributed by atoms with Crippen LogP contribution in [0.1, 0.15) is 137 Å². The van der Waals surface area contributed by atoms with Crippen LogP contribution < -0.4 is 5.46 Å². The van der Waals surface area contributed by atoms with Gasteiger partial charge in [0.1, 0.15) is 22.7 Å². The molecule has 2 amide bonds. The van der Waals surface area contributed by atoms with Crippen molar-refractivity contribution in [1.82, 2.24) is 29.4 Å². The van der Waals surface area contributed by atoms with Crippen LogP contribution in [0.4, 0.5) is 9.59 Å². The summed E-state index contributed by atoms with van der Waals surface area (Å²) >= 11 is 6.48. The van der Waals surface area contributed by atoms with Crippen molar-refractivity contribution in [2.75, 3.05) is 39.4 Å². The highest BCUT2D eigenvalue weighted by atomic mass is 35.5. The highest BCUT2D eigenvalue weighted by molar-refractivity contribution is 6.58. The Kier molecular flexibility index (Phi) is 20.0. The quantitative estimate of drug-likeness (QED) is 0.106. The number of phenolic OH excluding ortho intramolecular Hbond substituents is 2. The number of amides is 2. The van der Waals surface area contributed by atoms with Gasteiger partial charge in [0.2, 0.25) is 0 Å². The summed E-state index contributed by atoms with van der Waals surface area (Å²) in [6.45, 7) is 15.9. The fourth-order valence-corrected chi connectivity index (χ4v) is 10.6. The Labute approximate surface area is 459 Å². The number of benzene rings is 4. The van der Waals surface area contributed by atoms with Crippen LogP contribution in [0.25, 0.3) is 32.9 Å². The summed E-state index contributed by atoms with van der Waals surface area (Å²) in [4.78, 5) is 28.5. The number of aromatic hydroxyl groups is 2. The first-order valence-corrected chi connectivity index (χ1v) is 27.4. The first-order valence-electron chi connectivity index (χ1n) is 27.1. The maximum Gasteiger partial charge on any atom is 0.488 e. The van der Waals surface area contributed by atoms with Gasteiger partial charge in [-0.3, -0.25) is 0 Å². The fraction of sp³-hybridized carbons (Fsp3) is 0.525. The number of nitrogens with zero attached hydrogens (tertiary/aromatic N) is 6. The predicted molar refractivity (Wildman–Crippen MR) is 302 cm³/mol. The van der Waals surface area contributed by atoms with Gasteiger partial charge in [-0.1, -0.05) is 49.4 Å². The molecule has 6 aromatic rings. The molecule has 4 saturated heterocycles. The lowest BCUT2D eigenvalue weighted by Gasteiger charge is -2.33. The van der Waals surface area contributed by atoms with Crippen LogP contribution >= 0.6 is 11.6 Å². The van der Waals surface area contributed by atoms with Crippen molar-refractivity contribution in [3.8, 4) is 22.6 Å². The minimum atomic E-state index is -1.46. The first-order chi connectivity index (χ1) is 36.3. The molecule has 2 unspecified atom stereocenters. The molecule has 0 spiro atoms. The van der Waals surface area contributed by atoms with E-state index in [0.717, 1.165) is 149 Å². The minimum absolute atomic E-state index is 0. The van der Waals surface area contributed by atoms with Crippen LogP contribution in [0.15, 0.2) is 85.2 Å². The van der Waals surface area contributed by atoms with E-state index in [-0.39, 0.29) is 43.6 Å². The Morgan fingerprint density at radius 1 is 0.610 bits per heavy atom. The second-order valence-corrected chi connectivity index (χ2v) is 23.1. The molecule has 18 heteroatoms. The van der Waals surface area contributed by atoms with Crippen molar-refractivity contribution in [2.24, 2.45) is 11.8 Å². The zero-order chi connectivity index (χ0) is 54.1. The maximum absolute atomic E-state index is 12.5. The molecule has 2 aromatic heterocycles. The molecule has 10 rings (SSSR count). The second-order valence-electron chi connectivity index (χ2n) is 22.6. The highest BCUT2D eigenvalue weighted by Crippen LogP contribution is 2.36. The number of rotatable bonds is 8. The summed E-state index contributed by atoms with van der Waals surface area (Å²) in [6, 6.07) is 21.6. The van der Waals surface area contributed by atoms with Gasteiger partial charge in [-0.15, -0.1) is 0 Å². The third-order valence-corrected chi connectivity index (χ3v) is 14.6. The molecule has 416 valence electrons. The molecule has 0 saturated carbocycles. The Hall–Kier alpha value is -5.85. The lowest BCUT2D eigenvalue weighted by Crippen LogP contribution is -2.42. The van der Waals surface area contributed by atoms with Crippen molar-refractivity contribution < 1.29 is 48.8 Å². The summed E-state index contributed by atoms with van der Waals surface area (Å²) in [6.07, 6.45) is 15.7. The summed E-state index contributed by atoms with van der Waals surface area (Å²) in [5.74, 6) is 1.37. The monoisotopic (exact) mass is 1080 g/mol. The van der Waals surface area contributed by atoms with Crippen LogP contribution in [-0.4, -0.2) is 120 Å². The number of carbonyl (C=O) groups is 2. The number of likely N-dealkylation sites (tertiary alicyclic amines) is 2. The van der Waals surface area contributed by atoms with Crippen LogP contribution in [0.3, 0.4) is 0 Å². The van der Waals surface area contributed by atoms with Crippen LogP contribution in [-0.2, 0) is 31.8 Å². The third kappa shape index (κ3) is 16.1. The number of hydrogen-bond acceptors (Lipinski definition) is 12. The number of phenols is 2. The molecule has 16 nitrogen and oxygen atoms in total. The molecule has 4 aliphatic heterocycles. The standard InChI is InChI=1S/C29H37N3O4.C23H32ClN3O3.C6H7BO3.CH4/c1-29(2,3)36-28(34)31-13-11-20(12-14-31)16-23-17-22(21-7-9-24(33)10-8-21)18-26-25(23)19-30-32(26)27-6-4-5-15-35-27;1-23(2,3)30-22(28)26-9-7-16(8-10-26)12-17-13-18(24)14-20-19(17)15-25-27(20)21-6-4-5-11-29-21;8-6-3-1-5(2-4-6)7(9)10;/h7-10,17-20,27,33H,4-6,11-16H2,1-3H3;13-16,21H,4-12H2,1-3H3;1-4,8-10H;1H4. The topological polar surface area (TPSA) is 194 Å². The van der Waals surface area contributed by atoms with Gasteiger partial charge in [0.05, 0.1) is 23.4 Å². The lowest BCUT2D eigenvalue weighted by molar-refractivity contribution is -0.0367. The van der Waals surface area contributed by atoms with E-state index in [9.17, 15) is 14.7 Å². The molecule has 4 aromatic carbocycles. The molecule has 4 aliphatic rings. The zero-order valence-corrected chi connectivity index (χ0v) is 45.8. The molecule has 2 atom stereocenters. The third-order valence-electron chi connectivity index (χ3n) is 14.4. The van der Waals surface area contributed by atoms with Crippen LogP contribution in [0.5, 0.6) is 11.5 Å². The van der Waals surface area contributed by atoms with E-state index in [1.165, 1.54) is 40.8 Å². The van der Waals surface area contributed by atoms with Crippen LogP contribution in [0, 0.1) is 11.8 Å². The minimum Gasteiger partial charge on any atom is -0.508 e. The zero-order valence-electron chi connectivity index (χ0n) is 45.0. The van der Waals surface area contributed by atoms with E-state index in [1.807, 2.05) is 91.3 Å². The van der Waals surface area contributed by atoms with E-state index in [4.69, 9.17) is 50.8 Å². The molecule has 4 N–H and O–H groups in total. The van der Waals surface area contributed by atoms with Gasteiger partial charge in [-0.05, 0) is 201 Å². The smallest absolute Gasteiger partial charge is 0.488 e. The maximum atomic E-state index is 12.5. The predicted octanol–water partition coefficient (Wildman–Crippen LogP) is 11.6. The number of piperidine rings is 2. The van der Waals surface area contributed by atoms with Crippen molar-refractivity contribution in [3.05, 3.63) is 101 Å². The molecule has 0 bridgehead atoms.